The van der Waals surface area contributed by atoms with Gasteiger partial charge in [-0.25, -0.2) is 4.68 Å². The molecule has 0 aliphatic carbocycles. The Kier molecular flexibility index (Phi) is 3.06. The van der Waals surface area contributed by atoms with Gasteiger partial charge in [0.2, 0.25) is 0 Å². The Morgan fingerprint density at radius 3 is 2.75 bits per heavy atom. The lowest BCUT2D eigenvalue weighted by Crippen LogP contribution is -1.97. The van der Waals surface area contributed by atoms with E-state index in [0.717, 1.165) is 17.5 Å². The van der Waals surface area contributed by atoms with Gasteiger partial charge in [-0.05, 0) is 18.6 Å². The molecule has 0 unspecified atom stereocenters. The van der Waals surface area contributed by atoms with Crippen LogP contribution in [0, 0.1) is 6.92 Å². The van der Waals surface area contributed by atoms with Crippen molar-refractivity contribution < 1.29 is 4.79 Å². The van der Waals surface area contributed by atoms with Gasteiger partial charge in [-0.1, -0.05) is 18.2 Å². The van der Waals surface area contributed by atoms with E-state index in [2.05, 4.69) is 5.10 Å². The summed E-state index contributed by atoms with van der Waals surface area (Å²) >= 11 is 5.72. The first-order valence-corrected chi connectivity index (χ1v) is 5.45. The molecular weight excluding hydrogens is 224 g/mol. The van der Waals surface area contributed by atoms with Crippen LogP contribution < -0.4 is 0 Å². The molecule has 2 rings (SSSR count). The van der Waals surface area contributed by atoms with E-state index in [1.165, 1.54) is 0 Å². The topological polar surface area (TPSA) is 34.9 Å². The van der Waals surface area contributed by atoms with E-state index < -0.39 is 0 Å². The van der Waals surface area contributed by atoms with Crippen molar-refractivity contribution in [2.75, 3.05) is 0 Å². The van der Waals surface area contributed by atoms with Gasteiger partial charge in [0.25, 0.3) is 0 Å². The summed E-state index contributed by atoms with van der Waals surface area (Å²) in [6, 6.07) is 7.85. The Bertz CT molecular complexity index is 519. The predicted octanol–water partition coefficient (Wildman–Crippen LogP) is 2.73. The number of aromatic nitrogens is 2. The van der Waals surface area contributed by atoms with Gasteiger partial charge in [0, 0.05) is 6.20 Å². The molecule has 0 fully saturated rings. The average molecular weight is 235 g/mol. The van der Waals surface area contributed by atoms with Crippen LogP contribution in [0.15, 0.2) is 30.5 Å². The lowest BCUT2D eigenvalue weighted by Gasteiger charge is -2.04. The van der Waals surface area contributed by atoms with E-state index >= 15 is 0 Å². The molecule has 0 saturated carbocycles. The van der Waals surface area contributed by atoms with Crippen LogP contribution in [-0.4, -0.2) is 16.1 Å². The number of benzene rings is 1. The maximum absolute atomic E-state index is 10.8. The molecule has 82 valence electrons. The number of hydrogen-bond donors (Lipinski definition) is 0. The van der Waals surface area contributed by atoms with Crippen molar-refractivity contribution in [3.63, 3.8) is 0 Å². The van der Waals surface area contributed by atoms with E-state index in [9.17, 15) is 4.79 Å². The number of hydrogen-bond acceptors (Lipinski definition) is 2. The van der Waals surface area contributed by atoms with Crippen molar-refractivity contribution in [3.8, 4) is 5.69 Å². The molecule has 4 heteroatoms. The van der Waals surface area contributed by atoms with Crippen LogP contribution in [-0.2, 0) is 5.88 Å². The van der Waals surface area contributed by atoms with Gasteiger partial charge in [0.1, 0.15) is 0 Å². The molecular formula is C12H11ClN2O. The van der Waals surface area contributed by atoms with E-state index in [4.69, 9.17) is 11.6 Å². The van der Waals surface area contributed by atoms with Crippen LogP contribution in [0.4, 0.5) is 0 Å². The summed E-state index contributed by atoms with van der Waals surface area (Å²) in [6.07, 6.45) is 2.48. The van der Waals surface area contributed by atoms with Crippen LogP contribution in [0.5, 0.6) is 0 Å². The van der Waals surface area contributed by atoms with Crippen molar-refractivity contribution in [2.45, 2.75) is 12.8 Å². The van der Waals surface area contributed by atoms with Gasteiger partial charge in [0.15, 0.2) is 6.29 Å². The second-order valence-corrected chi connectivity index (χ2v) is 3.78. The highest BCUT2D eigenvalue weighted by molar-refractivity contribution is 6.17. The Hall–Kier alpha value is -1.61. The Balaban J connectivity index is 2.53. The number of halogens is 1. The lowest BCUT2D eigenvalue weighted by molar-refractivity contribution is 0.112. The first-order chi connectivity index (χ1) is 7.76. The zero-order valence-corrected chi connectivity index (χ0v) is 9.61. The van der Waals surface area contributed by atoms with Gasteiger partial charge >= 0.3 is 0 Å². The third-order valence-electron chi connectivity index (χ3n) is 2.44. The number of carbonyl (C=O) groups is 1. The van der Waals surface area contributed by atoms with Crippen molar-refractivity contribution in [3.05, 3.63) is 47.3 Å². The molecule has 0 atom stereocenters. The molecule has 2 aromatic rings. The third-order valence-corrected chi connectivity index (χ3v) is 2.69. The number of aldehydes is 1. The molecule has 0 bridgehead atoms. The summed E-state index contributed by atoms with van der Waals surface area (Å²) in [5.74, 6) is 0.243. The number of rotatable bonds is 3. The van der Waals surface area contributed by atoms with Gasteiger partial charge in [-0.15, -0.1) is 11.6 Å². The first-order valence-electron chi connectivity index (χ1n) is 4.92. The van der Waals surface area contributed by atoms with Crippen LogP contribution in [0.2, 0.25) is 0 Å². The van der Waals surface area contributed by atoms with Gasteiger partial charge in [-0.3, -0.25) is 4.79 Å². The predicted molar refractivity (Wildman–Crippen MR) is 63.2 cm³/mol. The van der Waals surface area contributed by atoms with Crippen molar-refractivity contribution in [1.29, 1.82) is 0 Å². The van der Waals surface area contributed by atoms with Crippen molar-refractivity contribution in [2.24, 2.45) is 0 Å². The standard InChI is InChI=1S/C12H11ClN2O/c1-9-4-2-3-5-12(9)15-7-10(8-16)11(6-13)14-15/h2-5,7-8H,6H2,1H3. The summed E-state index contributed by atoms with van der Waals surface area (Å²) in [6.45, 7) is 2.00. The molecule has 0 saturated heterocycles. The molecule has 0 N–H and O–H groups in total. The van der Waals surface area contributed by atoms with Crippen LogP contribution in [0.25, 0.3) is 5.69 Å². The van der Waals surface area contributed by atoms with E-state index in [-0.39, 0.29) is 5.88 Å². The van der Waals surface area contributed by atoms with Gasteiger partial charge < -0.3 is 0 Å². The second-order valence-electron chi connectivity index (χ2n) is 3.51. The number of carbonyl (C=O) groups excluding carboxylic acids is 1. The molecule has 16 heavy (non-hydrogen) atoms. The molecule has 3 nitrogen and oxygen atoms in total. The third kappa shape index (κ3) is 1.86. The summed E-state index contributed by atoms with van der Waals surface area (Å²) in [4.78, 5) is 10.8. The van der Waals surface area contributed by atoms with E-state index in [0.29, 0.717) is 11.3 Å². The molecule has 0 spiro atoms. The molecule has 0 radical (unpaired) electrons. The summed E-state index contributed by atoms with van der Waals surface area (Å²) < 4.78 is 1.69. The van der Waals surface area contributed by atoms with Crippen LogP contribution >= 0.6 is 11.6 Å². The minimum Gasteiger partial charge on any atom is -0.298 e. The van der Waals surface area contributed by atoms with Gasteiger partial charge in [0.05, 0.1) is 22.8 Å². The Morgan fingerprint density at radius 1 is 1.44 bits per heavy atom. The quantitative estimate of drug-likeness (QED) is 0.605. The lowest BCUT2D eigenvalue weighted by atomic mass is 10.2. The highest BCUT2D eigenvalue weighted by Gasteiger charge is 2.09. The maximum atomic E-state index is 10.8. The average Bonchev–Trinajstić information content (AvgIpc) is 2.72. The van der Waals surface area contributed by atoms with Crippen molar-refractivity contribution >= 4 is 17.9 Å². The Morgan fingerprint density at radius 2 is 2.19 bits per heavy atom. The largest absolute Gasteiger partial charge is 0.298 e. The maximum Gasteiger partial charge on any atom is 0.153 e. The molecule has 1 aromatic carbocycles. The number of nitrogens with zero attached hydrogens (tertiary/aromatic N) is 2. The summed E-state index contributed by atoms with van der Waals surface area (Å²) in [5.41, 5.74) is 3.21. The minimum atomic E-state index is 0.243. The first kappa shape index (κ1) is 10.9. The van der Waals surface area contributed by atoms with E-state index in [1.54, 1.807) is 10.9 Å². The second kappa shape index (κ2) is 4.49. The zero-order valence-electron chi connectivity index (χ0n) is 8.85. The smallest absolute Gasteiger partial charge is 0.153 e. The highest BCUT2D eigenvalue weighted by atomic mass is 35.5. The minimum absolute atomic E-state index is 0.243. The zero-order chi connectivity index (χ0) is 11.5. The van der Waals surface area contributed by atoms with Gasteiger partial charge in [-0.2, -0.15) is 5.10 Å². The van der Waals surface area contributed by atoms with E-state index in [1.807, 2.05) is 31.2 Å². The molecule has 1 heterocycles. The fourth-order valence-corrected chi connectivity index (χ4v) is 1.78. The number of para-hydroxylation sites is 1. The summed E-state index contributed by atoms with van der Waals surface area (Å²) in [5, 5.41) is 4.28. The molecule has 0 aliphatic rings. The SMILES string of the molecule is Cc1ccccc1-n1cc(C=O)c(CCl)n1. The number of alkyl halides is 1. The molecule has 1 aromatic heterocycles. The summed E-state index contributed by atoms with van der Waals surface area (Å²) in [7, 11) is 0. The Labute approximate surface area is 98.7 Å². The van der Waals surface area contributed by atoms with Crippen LogP contribution in [0.1, 0.15) is 21.6 Å². The van der Waals surface area contributed by atoms with Crippen molar-refractivity contribution in [1.82, 2.24) is 9.78 Å². The highest BCUT2D eigenvalue weighted by Crippen LogP contribution is 2.15. The molecule has 0 amide bonds. The normalized spacial score (nSPS) is 10.4. The fraction of sp³-hybridized carbons (Fsp3) is 0.167. The fourth-order valence-electron chi connectivity index (χ4n) is 1.57. The van der Waals surface area contributed by atoms with Crippen LogP contribution in [0.3, 0.4) is 0 Å². The molecule has 0 aliphatic heterocycles. The monoisotopic (exact) mass is 234 g/mol. The number of aryl methyl sites for hydroxylation is 1.